The van der Waals surface area contributed by atoms with E-state index in [-0.39, 0.29) is 17.7 Å². The van der Waals surface area contributed by atoms with E-state index in [1.807, 2.05) is 110 Å². The SMILES string of the molecule is CC(C)(C)OC(=O)NC[C@@H]1CCN(c2ccccc2N)C1.NC[C@@H]1CCN(c2ccccc2NC(=O)c2csc(-c3cccs3)n2)C1.O=C(O)c1csc(-c2cccs2)n1. The summed E-state index contributed by atoms with van der Waals surface area (Å²) < 4.78 is 5.24. The number of thiazole rings is 2. The third-order valence-corrected chi connectivity index (χ3v) is 13.3. The number of ether oxygens (including phenoxy) is 1. The van der Waals surface area contributed by atoms with E-state index in [1.54, 1.807) is 28.1 Å². The van der Waals surface area contributed by atoms with Crippen molar-refractivity contribution < 1.29 is 24.2 Å². The number of nitrogen functional groups attached to an aromatic ring is 1. The van der Waals surface area contributed by atoms with Crippen LogP contribution in [0, 0.1) is 11.8 Å². The number of carboxylic acids is 1. The Labute approximate surface area is 366 Å². The molecule has 6 heterocycles. The summed E-state index contributed by atoms with van der Waals surface area (Å²) in [5.74, 6) is -0.201. The number of nitrogens with zero attached hydrogens (tertiary/aromatic N) is 4. The van der Waals surface area contributed by atoms with Gasteiger partial charge in [0.05, 0.1) is 32.5 Å². The molecule has 17 heteroatoms. The fraction of sp³-hybridized carbons (Fsp3) is 0.326. The van der Waals surface area contributed by atoms with Gasteiger partial charge in [0.25, 0.3) is 5.91 Å². The molecule has 2 saturated heterocycles. The number of amides is 2. The van der Waals surface area contributed by atoms with E-state index in [4.69, 9.17) is 21.3 Å². The van der Waals surface area contributed by atoms with Crippen LogP contribution in [-0.4, -0.2) is 77.9 Å². The first-order valence-electron chi connectivity index (χ1n) is 19.5. The molecule has 2 fully saturated rings. The van der Waals surface area contributed by atoms with Crippen molar-refractivity contribution in [2.45, 2.75) is 39.2 Å². The molecule has 13 nitrogen and oxygen atoms in total. The predicted molar refractivity (Wildman–Crippen MR) is 247 cm³/mol. The number of hydrogen-bond donors (Lipinski definition) is 5. The summed E-state index contributed by atoms with van der Waals surface area (Å²) in [5.41, 5.74) is 15.7. The van der Waals surface area contributed by atoms with E-state index in [9.17, 15) is 14.4 Å². The van der Waals surface area contributed by atoms with Crippen LogP contribution in [0.2, 0.25) is 0 Å². The van der Waals surface area contributed by atoms with Crippen LogP contribution in [0.4, 0.5) is 27.5 Å². The number of thiophene rings is 2. The third kappa shape index (κ3) is 12.4. The largest absolute Gasteiger partial charge is 0.476 e. The lowest BCUT2D eigenvalue weighted by atomic mass is 10.1. The lowest BCUT2D eigenvalue weighted by molar-refractivity contribution is 0.0520. The maximum Gasteiger partial charge on any atom is 0.407 e. The molecule has 2 aliphatic heterocycles. The van der Waals surface area contributed by atoms with Crippen LogP contribution in [-0.2, 0) is 4.74 Å². The van der Waals surface area contributed by atoms with Crippen molar-refractivity contribution in [2.24, 2.45) is 17.6 Å². The van der Waals surface area contributed by atoms with E-state index >= 15 is 0 Å². The normalized spacial score (nSPS) is 16.0. The van der Waals surface area contributed by atoms with Gasteiger partial charge < -0.3 is 41.7 Å². The lowest BCUT2D eigenvalue weighted by Crippen LogP contribution is -2.36. The molecule has 2 atom stereocenters. The number of carbonyl (C=O) groups is 3. The highest BCUT2D eigenvalue weighted by atomic mass is 32.1. The number of aromatic nitrogens is 2. The van der Waals surface area contributed by atoms with Crippen molar-refractivity contribution in [3.63, 3.8) is 0 Å². The van der Waals surface area contributed by atoms with Crippen molar-refractivity contribution in [3.05, 3.63) is 106 Å². The highest BCUT2D eigenvalue weighted by Crippen LogP contribution is 2.33. The Balaban J connectivity index is 0.000000159. The summed E-state index contributed by atoms with van der Waals surface area (Å²) in [5, 5.41) is 23.5. The van der Waals surface area contributed by atoms with Crippen LogP contribution >= 0.6 is 45.3 Å². The molecule has 4 aromatic heterocycles. The number of anilines is 4. The van der Waals surface area contributed by atoms with Gasteiger partial charge in [0.1, 0.15) is 21.3 Å². The zero-order valence-corrected chi connectivity index (χ0v) is 37.0. The number of hydrogen-bond acceptors (Lipinski definition) is 14. The first-order valence-corrected chi connectivity index (χ1v) is 23.0. The third-order valence-electron chi connectivity index (χ3n) is 9.53. The summed E-state index contributed by atoms with van der Waals surface area (Å²) in [7, 11) is 0. The van der Waals surface area contributed by atoms with Crippen molar-refractivity contribution >= 4 is 86.1 Å². The molecule has 0 spiro atoms. The molecule has 0 aliphatic carbocycles. The smallest absolute Gasteiger partial charge is 0.407 e. The Bertz CT molecular complexity index is 2300. The molecule has 2 aromatic carbocycles. The molecule has 8 rings (SSSR count). The van der Waals surface area contributed by atoms with Gasteiger partial charge in [0.2, 0.25) is 0 Å². The van der Waals surface area contributed by atoms with Gasteiger partial charge in [-0.1, -0.05) is 36.4 Å². The van der Waals surface area contributed by atoms with E-state index in [0.717, 1.165) is 81.5 Å². The van der Waals surface area contributed by atoms with E-state index in [2.05, 4.69) is 30.4 Å². The zero-order chi connectivity index (χ0) is 42.6. The minimum atomic E-state index is -0.973. The van der Waals surface area contributed by atoms with Gasteiger partial charge >= 0.3 is 12.1 Å². The summed E-state index contributed by atoms with van der Waals surface area (Å²) in [6.45, 7) is 10.7. The number of nitrogens with two attached hydrogens (primary N) is 2. The molecular formula is C43H50N8O5S4. The molecule has 6 aromatic rings. The zero-order valence-electron chi connectivity index (χ0n) is 33.7. The number of nitrogens with one attached hydrogen (secondary N) is 2. The first-order chi connectivity index (χ1) is 28.9. The second-order valence-corrected chi connectivity index (χ2v) is 18.8. The fourth-order valence-electron chi connectivity index (χ4n) is 6.60. The average Bonchev–Trinajstić information content (AvgIpc) is 4.08. The van der Waals surface area contributed by atoms with Crippen LogP contribution < -0.4 is 31.9 Å². The Morgan fingerprint density at radius 1 is 0.783 bits per heavy atom. The number of carbonyl (C=O) groups excluding carboxylic acids is 2. The highest BCUT2D eigenvalue weighted by molar-refractivity contribution is 7.20. The molecule has 2 aliphatic rings. The summed E-state index contributed by atoms with van der Waals surface area (Å²) in [4.78, 5) is 50.0. The molecule has 7 N–H and O–H groups in total. The van der Waals surface area contributed by atoms with Crippen LogP contribution in [0.1, 0.15) is 54.6 Å². The molecule has 0 saturated carbocycles. The van der Waals surface area contributed by atoms with Gasteiger partial charge in [-0.25, -0.2) is 19.6 Å². The fourth-order valence-corrected chi connectivity index (χ4v) is 9.82. The van der Waals surface area contributed by atoms with E-state index in [0.29, 0.717) is 30.6 Å². The maximum absolute atomic E-state index is 12.7. The van der Waals surface area contributed by atoms with Gasteiger partial charge in [-0.3, -0.25) is 4.79 Å². The van der Waals surface area contributed by atoms with Gasteiger partial charge in [-0.2, -0.15) is 0 Å². The minimum Gasteiger partial charge on any atom is -0.476 e. The monoisotopic (exact) mass is 886 g/mol. The van der Waals surface area contributed by atoms with Crippen molar-refractivity contribution in [2.75, 3.05) is 60.1 Å². The topological polar surface area (TPSA) is 189 Å². The standard InChI is InChI=1S/C19H20N4OS2.C16H25N3O2.C8H5NO2S2/c20-10-13-7-8-23(11-13)16-5-2-1-4-14(16)21-18(24)15-12-26-19(22-15)17-6-3-9-25-17;1-16(2,3)21-15(20)18-10-12-8-9-19(11-12)14-7-5-4-6-13(14)17;10-8(11)5-4-13-7(9-5)6-2-1-3-12-6/h1-6,9,12-13H,7-8,10-11,20H2,(H,21,24);4-7,12H,8-11,17H2,1-3H3,(H,18,20);1-4H,(H,10,11)/t13-;12-;/m00./s1. The Hall–Kier alpha value is -5.33. The van der Waals surface area contributed by atoms with Gasteiger partial charge in [0.15, 0.2) is 5.69 Å². The number of aromatic carboxylic acids is 1. The van der Waals surface area contributed by atoms with Crippen LogP contribution in [0.5, 0.6) is 0 Å². The highest BCUT2D eigenvalue weighted by Gasteiger charge is 2.26. The number of para-hydroxylation sites is 4. The molecule has 316 valence electrons. The Morgan fingerprint density at radius 2 is 1.35 bits per heavy atom. The average molecular weight is 887 g/mol. The second kappa shape index (κ2) is 20.8. The molecular weight excluding hydrogens is 837 g/mol. The van der Waals surface area contributed by atoms with Crippen LogP contribution in [0.25, 0.3) is 19.8 Å². The van der Waals surface area contributed by atoms with E-state index in [1.165, 1.54) is 22.7 Å². The lowest BCUT2D eigenvalue weighted by Gasteiger charge is -2.22. The number of alkyl carbamates (subject to hydrolysis) is 1. The van der Waals surface area contributed by atoms with Crippen molar-refractivity contribution in [3.8, 4) is 19.8 Å². The summed E-state index contributed by atoms with van der Waals surface area (Å²) in [6, 6.07) is 23.7. The molecule has 2 amide bonds. The quantitative estimate of drug-likeness (QED) is 0.0826. The summed E-state index contributed by atoms with van der Waals surface area (Å²) >= 11 is 6.03. The van der Waals surface area contributed by atoms with Crippen LogP contribution in [0.3, 0.4) is 0 Å². The van der Waals surface area contributed by atoms with Crippen LogP contribution in [0.15, 0.2) is 94.3 Å². The number of carboxylic acid groups (broad SMARTS) is 1. The summed E-state index contributed by atoms with van der Waals surface area (Å²) in [6.07, 6.45) is 1.79. The van der Waals surface area contributed by atoms with Gasteiger partial charge in [-0.05, 0) is 99.2 Å². The van der Waals surface area contributed by atoms with Crippen molar-refractivity contribution in [1.29, 1.82) is 0 Å². The van der Waals surface area contributed by atoms with Gasteiger partial charge in [0, 0.05) is 43.5 Å². The Kier molecular flexibility index (Phi) is 15.3. The molecule has 60 heavy (non-hydrogen) atoms. The first kappa shape index (κ1) is 44.2. The predicted octanol–water partition coefficient (Wildman–Crippen LogP) is 9.10. The Morgan fingerprint density at radius 3 is 1.92 bits per heavy atom. The van der Waals surface area contributed by atoms with Gasteiger partial charge in [-0.15, -0.1) is 45.3 Å². The molecule has 0 unspecified atom stereocenters. The molecule has 0 bridgehead atoms. The maximum atomic E-state index is 12.7. The van der Waals surface area contributed by atoms with Crippen molar-refractivity contribution in [1.82, 2.24) is 15.3 Å². The molecule has 0 radical (unpaired) electrons. The number of rotatable bonds is 10. The second-order valence-electron chi connectivity index (χ2n) is 15.2. The van der Waals surface area contributed by atoms with E-state index < -0.39 is 11.6 Å². The number of benzene rings is 2. The minimum absolute atomic E-state index is 0.119.